The fourth-order valence-electron chi connectivity index (χ4n) is 3.16. The number of anilines is 1. The number of amides is 1. The number of furan rings is 1. The van der Waals surface area contributed by atoms with Gasteiger partial charge in [-0.05, 0) is 43.2 Å². The third kappa shape index (κ3) is 4.63. The summed E-state index contributed by atoms with van der Waals surface area (Å²) in [7, 11) is 0. The molecular weight excluding hydrogens is 396 g/mol. The number of nitrogens with one attached hydrogen (secondary N) is 1. The highest BCUT2D eigenvalue weighted by molar-refractivity contribution is 7.99. The Balaban J connectivity index is 1.51. The van der Waals surface area contributed by atoms with E-state index in [1.165, 1.54) is 17.3 Å². The smallest absolute Gasteiger partial charge is 0.234 e. The molecule has 0 bridgehead atoms. The van der Waals surface area contributed by atoms with Crippen LogP contribution in [0, 0.1) is 13.8 Å². The van der Waals surface area contributed by atoms with E-state index < -0.39 is 0 Å². The minimum absolute atomic E-state index is 0.0826. The second kappa shape index (κ2) is 9.00. The fourth-order valence-corrected chi connectivity index (χ4v) is 3.90. The van der Waals surface area contributed by atoms with Gasteiger partial charge in [0.25, 0.3) is 0 Å². The van der Waals surface area contributed by atoms with Gasteiger partial charge in [0.2, 0.25) is 11.7 Å². The summed E-state index contributed by atoms with van der Waals surface area (Å²) in [6, 6.07) is 19.7. The Kier molecular flexibility index (Phi) is 5.99. The molecule has 2 heterocycles. The van der Waals surface area contributed by atoms with E-state index in [9.17, 15) is 4.79 Å². The van der Waals surface area contributed by atoms with Crippen molar-refractivity contribution in [2.75, 3.05) is 11.1 Å². The van der Waals surface area contributed by atoms with Crippen LogP contribution >= 0.6 is 11.8 Å². The van der Waals surface area contributed by atoms with Crippen LogP contribution in [0.25, 0.3) is 11.6 Å². The molecule has 0 saturated carbocycles. The van der Waals surface area contributed by atoms with E-state index in [1.807, 2.05) is 73.0 Å². The normalized spacial score (nSPS) is 10.9. The molecule has 0 spiro atoms. The zero-order valence-corrected chi connectivity index (χ0v) is 17.6. The van der Waals surface area contributed by atoms with Gasteiger partial charge in [-0.2, -0.15) is 0 Å². The Morgan fingerprint density at radius 2 is 1.90 bits per heavy atom. The van der Waals surface area contributed by atoms with Gasteiger partial charge >= 0.3 is 0 Å². The van der Waals surface area contributed by atoms with Crippen molar-refractivity contribution in [3.05, 3.63) is 83.6 Å². The molecule has 0 unspecified atom stereocenters. The Morgan fingerprint density at radius 3 is 2.63 bits per heavy atom. The maximum atomic E-state index is 12.5. The molecule has 0 saturated heterocycles. The minimum Gasteiger partial charge on any atom is -0.461 e. The van der Waals surface area contributed by atoms with Crippen molar-refractivity contribution in [2.24, 2.45) is 0 Å². The van der Waals surface area contributed by atoms with Gasteiger partial charge in [-0.15, -0.1) is 10.2 Å². The van der Waals surface area contributed by atoms with E-state index in [4.69, 9.17) is 4.42 Å². The van der Waals surface area contributed by atoms with E-state index in [-0.39, 0.29) is 11.7 Å². The van der Waals surface area contributed by atoms with Gasteiger partial charge in [-0.25, -0.2) is 0 Å². The average molecular weight is 419 g/mol. The van der Waals surface area contributed by atoms with Crippen LogP contribution in [0.5, 0.6) is 0 Å². The molecule has 0 atom stereocenters. The molecule has 1 N–H and O–H groups in total. The number of hydrogen-bond donors (Lipinski definition) is 1. The molecule has 2 aromatic carbocycles. The SMILES string of the molecule is Cc1ccc(NC(=O)CSc2nnc(-c3ccco3)n2Cc2ccccc2)c(C)c1. The standard InChI is InChI=1S/C23H22N4O2S/c1-16-10-11-19(17(2)13-16)24-21(28)15-30-23-26-25-22(20-9-6-12-29-20)27(23)14-18-7-4-3-5-8-18/h3-13H,14-15H2,1-2H3,(H,24,28). The van der Waals surface area contributed by atoms with Crippen LogP contribution in [0.2, 0.25) is 0 Å². The topological polar surface area (TPSA) is 73.0 Å². The monoisotopic (exact) mass is 418 g/mol. The Morgan fingerprint density at radius 1 is 1.07 bits per heavy atom. The van der Waals surface area contributed by atoms with Gasteiger partial charge in [0.1, 0.15) is 0 Å². The van der Waals surface area contributed by atoms with Crippen molar-refractivity contribution in [1.29, 1.82) is 0 Å². The first-order valence-corrected chi connectivity index (χ1v) is 10.6. The first-order valence-electron chi connectivity index (χ1n) is 9.61. The quantitative estimate of drug-likeness (QED) is 0.431. The Bertz CT molecular complexity index is 1140. The van der Waals surface area contributed by atoms with E-state index >= 15 is 0 Å². The molecule has 6 nitrogen and oxygen atoms in total. The molecule has 4 rings (SSSR count). The summed E-state index contributed by atoms with van der Waals surface area (Å²) in [5.41, 5.74) is 4.15. The number of thioether (sulfide) groups is 1. The van der Waals surface area contributed by atoms with Crippen molar-refractivity contribution < 1.29 is 9.21 Å². The van der Waals surface area contributed by atoms with Crippen LogP contribution in [0.15, 0.2) is 76.5 Å². The summed E-state index contributed by atoms with van der Waals surface area (Å²) in [5.74, 6) is 1.44. The van der Waals surface area contributed by atoms with Crippen molar-refractivity contribution in [3.63, 3.8) is 0 Å². The molecule has 0 aliphatic carbocycles. The van der Waals surface area contributed by atoms with Crippen LogP contribution in [0.4, 0.5) is 5.69 Å². The number of aryl methyl sites for hydroxylation is 2. The van der Waals surface area contributed by atoms with Crippen molar-refractivity contribution in [1.82, 2.24) is 14.8 Å². The lowest BCUT2D eigenvalue weighted by atomic mass is 10.1. The van der Waals surface area contributed by atoms with Gasteiger partial charge in [-0.3, -0.25) is 9.36 Å². The maximum absolute atomic E-state index is 12.5. The first-order chi connectivity index (χ1) is 14.6. The summed E-state index contributed by atoms with van der Waals surface area (Å²) in [6.07, 6.45) is 1.61. The number of rotatable bonds is 7. The van der Waals surface area contributed by atoms with Crippen molar-refractivity contribution in [2.45, 2.75) is 25.5 Å². The molecule has 4 aromatic rings. The van der Waals surface area contributed by atoms with Crippen LogP contribution in [-0.4, -0.2) is 26.4 Å². The first kappa shape index (κ1) is 20.0. The molecule has 7 heteroatoms. The number of hydrogen-bond acceptors (Lipinski definition) is 5. The van der Waals surface area contributed by atoms with E-state index in [2.05, 4.69) is 21.6 Å². The fraction of sp³-hybridized carbons (Fsp3) is 0.174. The largest absolute Gasteiger partial charge is 0.461 e. The number of carbonyl (C=O) groups excluding carboxylic acids is 1. The third-order valence-electron chi connectivity index (χ3n) is 4.63. The molecular formula is C23H22N4O2S. The molecule has 0 aliphatic rings. The summed E-state index contributed by atoms with van der Waals surface area (Å²) < 4.78 is 7.50. The van der Waals surface area contributed by atoms with Gasteiger partial charge < -0.3 is 9.73 Å². The van der Waals surface area contributed by atoms with Crippen LogP contribution in [0.3, 0.4) is 0 Å². The molecule has 0 radical (unpaired) electrons. The minimum atomic E-state index is -0.0826. The number of aromatic nitrogens is 3. The highest BCUT2D eigenvalue weighted by atomic mass is 32.2. The average Bonchev–Trinajstić information content (AvgIpc) is 3.39. The summed E-state index contributed by atoms with van der Waals surface area (Å²) in [5, 5.41) is 12.3. The molecule has 30 heavy (non-hydrogen) atoms. The molecule has 0 fully saturated rings. The van der Waals surface area contributed by atoms with Crippen LogP contribution in [-0.2, 0) is 11.3 Å². The Labute approximate surface area is 179 Å². The van der Waals surface area contributed by atoms with Gasteiger partial charge in [0.15, 0.2) is 10.9 Å². The number of benzene rings is 2. The molecule has 2 aromatic heterocycles. The van der Waals surface area contributed by atoms with Crippen LogP contribution < -0.4 is 5.32 Å². The van der Waals surface area contributed by atoms with Crippen molar-refractivity contribution in [3.8, 4) is 11.6 Å². The summed E-state index contributed by atoms with van der Waals surface area (Å²) in [4.78, 5) is 12.5. The Hall–Kier alpha value is -3.32. The predicted octanol–water partition coefficient (Wildman–Crippen LogP) is 4.93. The zero-order valence-electron chi connectivity index (χ0n) is 16.8. The van der Waals surface area contributed by atoms with Crippen molar-refractivity contribution >= 4 is 23.4 Å². The molecule has 1 amide bonds. The van der Waals surface area contributed by atoms with E-state index in [1.54, 1.807) is 6.26 Å². The van der Waals surface area contributed by atoms with E-state index in [0.717, 1.165) is 16.8 Å². The lowest BCUT2D eigenvalue weighted by molar-refractivity contribution is -0.113. The van der Waals surface area contributed by atoms with Gasteiger partial charge in [0, 0.05) is 5.69 Å². The van der Waals surface area contributed by atoms with Crippen LogP contribution in [0.1, 0.15) is 16.7 Å². The highest BCUT2D eigenvalue weighted by Crippen LogP contribution is 2.26. The second-order valence-corrected chi connectivity index (χ2v) is 7.95. The lowest BCUT2D eigenvalue weighted by Crippen LogP contribution is -2.15. The highest BCUT2D eigenvalue weighted by Gasteiger charge is 2.18. The summed E-state index contributed by atoms with van der Waals surface area (Å²) in [6.45, 7) is 4.61. The zero-order chi connectivity index (χ0) is 20.9. The summed E-state index contributed by atoms with van der Waals surface area (Å²) >= 11 is 1.36. The van der Waals surface area contributed by atoms with E-state index in [0.29, 0.717) is 23.3 Å². The lowest BCUT2D eigenvalue weighted by Gasteiger charge is -2.11. The molecule has 152 valence electrons. The second-order valence-electron chi connectivity index (χ2n) is 7.01. The number of carbonyl (C=O) groups is 1. The van der Waals surface area contributed by atoms with Gasteiger partial charge in [0.05, 0.1) is 18.6 Å². The van der Waals surface area contributed by atoms with Gasteiger partial charge in [-0.1, -0.05) is 59.8 Å². The third-order valence-corrected chi connectivity index (χ3v) is 5.60. The maximum Gasteiger partial charge on any atom is 0.234 e. The molecule has 0 aliphatic heterocycles. The predicted molar refractivity (Wildman–Crippen MR) is 119 cm³/mol. The number of nitrogens with zero attached hydrogens (tertiary/aromatic N) is 3.